The van der Waals surface area contributed by atoms with Crippen molar-refractivity contribution in [2.45, 2.75) is 39.2 Å². The van der Waals surface area contributed by atoms with E-state index < -0.39 is 0 Å². The maximum Gasteiger partial charge on any atom is 0.0426 e. The van der Waals surface area contributed by atoms with Gasteiger partial charge < -0.3 is 11.1 Å². The summed E-state index contributed by atoms with van der Waals surface area (Å²) in [5.41, 5.74) is 8.17. The molecule has 0 saturated carbocycles. The first kappa shape index (κ1) is 13.3. The predicted molar refractivity (Wildman–Crippen MR) is 72.2 cm³/mol. The summed E-state index contributed by atoms with van der Waals surface area (Å²) in [5, 5.41) is 4.16. The number of nitrogens with one attached hydrogen (secondary N) is 1. The van der Waals surface area contributed by atoms with Crippen molar-refractivity contribution in [3.63, 3.8) is 0 Å². The fraction of sp³-hybridized carbons (Fsp3) is 0.538. The van der Waals surface area contributed by atoms with Gasteiger partial charge in [-0.25, -0.2) is 0 Å². The van der Waals surface area contributed by atoms with Crippen molar-refractivity contribution in [1.29, 1.82) is 0 Å². The summed E-state index contributed by atoms with van der Waals surface area (Å²) < 4.78 is 0. The summed E-state index contributed by atoms with van der Waals surface area (Å²) in [6.45, 7) is 7.11. The maximum atomic E-state index is 5.94. The number of nitrogens with two attached hydrogens (primary N) is 1. The topological polar surface area (TPSA) is 38.0 Å². The van der Waals surface area contributed by atoms with Crippen LogP contribution in [-0.4, -0.2) is 12.1 Å². The van der Waals surface area contributed by atoms with Crippen molar-refractivity contribution in [1.82, 2.24) is 0 Å². The summed E-state index contributed by atoms with van der Waals surface area (Å²) in [6.07, 6.45) is 2.08. The van der Waals surface area contributed by atoms with E-state index in [0.29, 0.717) is 0 Å². The van der Waals surface area contributed by atoms with Crippen molar-refractivity contribution in [2.24, 2.45) is 5.73 Å². The van der Waals surface area contributed by atoms with Crippen LogP contribution in [0.25, 0.3) is 0 Å². The number of hydrogen-bond donors (Lipinski definition) is 2. The van der Waals surface area contributed by atoms with Gasteiger partial charge in [0.25, 0.3) is 0 Å². The third kappa shape index (κ3) is 4.86. The van der Waals surface area contributed by atoms with Crippen molar-refractivity contribution in [3.05, 3.63) is 28.8 Å². The average molecular weight is 241 g/mol. The van der Waals surface area contributed by atoms with Crippen LogP contribution in [0.3, 0.4) is 0 Å². The second-order valence-corrected chi connectivity index (χ2v) is 5.41. The average Bonchev–Trinajstić information content (AvgIpc) is 2.16. The van der Waals surface area contributed by atoms with Gasteiger partial charge in [0.1, 0.15) is 0 Å². The Labute approximate surface area is 103 Å². The first-order valence-corrected chi connectivity index (χ1v) is 6.05. The standard InChI is InChI=1S/C13H21ClN2/c1-10-5-6-11(14)9-12(10)16-8-4-7-13(2,3)15/h5-6,9,16H,4,7-8,15H2,1-3H3. The molecule has 1 aromatic rings. The molecular formula is C13H21ClN2. The number of aryl methyl sites for hydroxylation is 1. The normalized spacial score (nSPS) is 11.6. The van der Waals surface area contributed by atoms with Crippen LogP contribution in [0.1, 0.15) is 32.3 Å². The van der Waals surface area contributed by atoms with Gasteiger partial charge >= 0.3 is 0 Å². The molecule has 0 bridgehead atoms. The molecule has 0 saturated heterocycles. The zero-order valence-corrected chi connectivity index (χ0v) is 11.1. The SMILES string of the molecule is Cc1ccc(Cl)cc1NCCCC(C)(C)N. The van der Waals surface area contributed by atoms with Gasteiger partial charge in [0.15, 0.2) is 0 Å². The van der Waals surface area contributed by atoms with Gasteiger partial charge in [0.05, 0.1) is 0 Å². The zero-order valence-electron chi connectivity index (χ0n) is 10.3. The largest absolute Gasteiger partial charge is 0.385 e. The highest BCUT2D eigenvalue weighted by molar-refractivity contribution is 6.30. The van der Waals surface area contributed by atoms with E-state index in [0.717, 1.165) is 30.1 Å². The van der Waals surface area contributed by atoms with Gasteiger partial charge in [-0.05, 0) is 51.3 Å². The summed E-state index contributed by atoms with van der Waals surface area (Å²) in [5.74, 6) is 0. The third-order valence-electron chi connectivity index (χ3n) is 2.51. The van der Waals surface area contributed by atoms with Gasteiger partial charge in [-0.15, -0.1) is 0 Å². The van der Waals surface area contributed by atoms with E-state index in [1.165, 1.54) is 5.56 Å². The molecule has 3 heteroatoms. The summed E-state index contributed by atoms with van der Waals surface area (Å²) in [7, 11) is 0. The first-order valence-electron chi connectivity index (χ1n) is 5.67. The first-order chi connectivity index (χ1) is 7.38. The second-order valence-electron chi connectivity index (χ2n) is 4.98. The van der Waals surface area contributed by atoms with Crippen molar-refractivity contribution >= 4 is 17.3 Å². The number of hydrogen-bond acceptors (Lipinski definition) is 2. The Morgan fingerprint density at radius 1 is 1.38 bits per heavy atom. The van der Waals surface area contributed by atoms with Crippen LogP contribution in [0.4, 0.5) is 5.69 Å². The molecule has 1 rings (SSSR count). The van der Waals surface area contributed by atoms with E-state index in [2.05, 4.69) is 26.1 Å². The fourth-order valence-electron chi connectivity index (χ4n) is 1.55. The monoisotopic (exact) mass is 240 g/mol. The minimum Gasteiger partial charge on any atom is -0.385 e. The van der Waals surface area contributed by atoms with Crippen LogP contribution in [0, 0.1) is 6.92 Å². The molecule has 0 aliphatic rings. The van der Waals surface area contributed by atoms with E-state index in [9.17, 15) is 0 Å². The molecule has 2 nitrogen and oxygen atoms in total. The van der Waals surface area contributed by atoms with Gasteiger partial charge in [0, 0.05) is 22.8 Å². The molecule has 3 N–H and O–H groups in total. The second kappa shape index (κ2) is 5.55. The van der Waals surface area contributed by atoms with Crippen LogP contribution >= 0.6 is 11.6 Å². The molecular weight excluding hydrogens is 220 g/mol. The highest BCUT2D eigenvalue weighted by atomic mass is 35.5. The van der Waals surface area contributed by atoms with Crippen molar-refractivity contribution in [2.75, 3.05) is 11.9 Å². The highest BCUT2D eigenvalue weighted by Gasteiger charge is 2.09. The summed E-state index contributed by atoms with van der Waals surface area (Å²) in [4.78, 5) is 0. The van der Waals surface area contributed by atoms with Gasteiger partial charge in [0.2, 0.25) is 0 Å². The molecule has 16 heavy (non-hydrogen) atoms. The lowest BCUT2D eigenvalue weighted by Gasteiger charge is -2.18. The quantitative estimate of drug-likeness (QED) is 0.773. The van der Waals surface area contributed by atoms with E-state index in [1.54, 1.807) is 0 Å². The van der Waals surface area contributed by atoms with Gasteiger partial charge in [-0.3, -0.25) is 0 Å². The van der Waals surface area contributed by atoms with Gasteiger partial charge in [-0.1, -0.05) is 17.7 Å². The zero-order chi connectivity index (χ0) is 12.2. The Morgan fingerprint density at radius 3 is 2.69 bits per heavy atom. The third-order valence-corrected chi connectivity index (χ3v) is 2.75. The minimum atomic E-state index is -0.0783. The molecule has 0 heterocycles. The molecule has 0 spiro atoms. The van der Waals surface area contributed by atoms with E-state index in [-0.39, 0.29) is 5.54 Å². The van der Waals surface area contributed by atoms with E-state index in [4.69, 9.17) is 17.3 Å². The predicted octanol–water partition coefficient (Wildman–Crippen LogP) is 3.58. The Balaban J connectivity index is 2.40. The number of halogens is 1. The Hall–Kier alpha value is -0.730. The van der Waals surface area contributed by atoms with Crippen molar-refractivity contribution < 1.29 is 0 Å². The van der Waals surface area contributed by atoms with Crippen LogP contribution in [0.15, 0.2) is 18.2 Å². The number of anilines is 1. The van der Waals surface area contributed by atoms with Gasteiger partial charge in [-0.2, -0.15) is 0 Å². The smallest absolute Gasteiger partial charge is 0.0426 e. The molecule has 90 valence electrons. The molecule has 0 radical (unpaired) electrons. The van der Waals surface area contributed by atoms with Crippen molar-refractivity contribution in [3.8, 4) is 0 Å². The van der Waals surface area contributed by atoms with Crippen LogP contribution in [0.2, 0.25) is 5.02 Å². The molecule has 0 unspecified atom stereocenters. The summed E-state index contributed by atoms with van der Waals surface area (Å²) >= 11 is 5.94. The van der Waals surface area contributed by atoms with Crippen LogP contribution < -0.4 is 11.1 Å². The highest BCUT2D eigenvalue weighted by Crippen LogP contribution is 2.20. The Bertz CT molecular complexity index is 342. The lowest BCUT2D eigenvalue weighted by atomic mass is 10.0. The minimum absolute atomic E-state index is 0.0783. The fourth-order valence-corrected chi connectivity index (χ4v) is 1.72. The molecule has 0 atom stereocenters. The van der Waals surface area contributed by atoms with E-state index in [1.807, 2.05) is 18.2 Å². The Kier molecular flexibility index (Phi) is 4.63. The van der Waals surface area contributed by atoms with Crippen LogP contribution in [0.5, 0.6) is 0 Å². The summed E-state index contributed by atoms with van der Waals surface area (Å²) in [6, 6.07) is 5.90. The lowest BCUT2D eigenvalue weighted by Crippen LogP contribution is -2.32. The number of rotatable bonds is 5. The molecule has 0 aliphatic heterocycles. The molecule has 0 aromatic heterocycles. The molecule has 1 aromatic carbocycles. The number of benzene rings is 1. The maximum absolute atomic E-state index is 5.94. The molecule has 0 amide bonds. The Morgan fingerprint density at radius 2 is 2.06 bits per heavy atom. The molecule has 0 aliphatic carbocycles. The van der Waals surface area contributed by atoms with Crippen LogP contribution in [-0.2, 0) is 0 Å². The lowest BCUT2D eigenvalue weighted by molar-refractivity contribution is 0.465. The van der Waals surface area contributed by atoms with E-state index >= 15 is 0 Å². The molecule has 0 fully saturated rings.